The van der Waals surface area contributed by atoms with E-state index < -0.39 is 11.9 Å². The third kappa shape index (κ3) is 4.83. The quantitative estimate of drug-likeness (QED) is 0.461. The summed E-state index contributed by atoms with van der Waals surface area (Å²) in [6.07, 6.45) is 0. The molecule has 3 aromatic rings. The first-order valence-electron chi connectivity index (χ1n) is 8.35. The molecule has 7 nitrogen and oxygen atoms in total. The Labute approximate surface area is 175 Å². The summed E-state index contributed by atoms with van der Waals surface area (Å²) in [5.74, 6) is -1.06. The first-order chi connectivity index (χ1) is 13.3. The zero-order valence-corrected chi connectivity index (χ0v) is 17.3. The Kier molecular flexibility index (Phi) is 5.88. The summed E-state index contributed by atoms with van der Waals surface area (Å²) in [4.78, 5) is 32.7. The fraction of sp³-hybridized carbons (Fsp3) is 0.100. The molecule has 1 heterocycles. The highest BCUT2D eigenvalue weighted by Crippen LogP contribution is 2.21. The number of hydrogen-bond acceptors (Lipinski definition) is 5. The van der Waals surface area contributed by atoms with Crippen LogP contribution < -0.4 is 10.6 Å². The highest BCUT2D eigenvalue weighted by Gasteiger charge is 2.14. The van der Waals surface area contributed by atoms with Crippen molar-refractivity contribution in [1.82, 2.24) is 9.97 Å². The number of benzene rings is 2. The van der Waals surface area contributed by atoms with Crippen LogP contribution in [0, 0.1) is 17.4 Å². The van der Waals surface area contributed by atoms with Crippen molar-refractivity contribution >= 4 is 51.8 Å². The molecule has 0 saturated carbocycles. The summed E-state index contributed by atoms with van der Waals surface area (Å²) in [6, 6.07) is 13.5. The number of aromatic nitrogens is 2. The Balaban J connectivity index is 1.82. The molecule has 3 rings (SSSR count). The summed E-state index contributed by atoms with van der Waals surface area (Å²) >= 11 is 2.02. The molecule has 1 aromatic heterocycles. The Bertz CT molecular complexity index is 1050. The molecule has 2 aromatic carbocycles. The van der Waals surface area contributed by atoms with E-state index in [4.69, 9.17) is 0 Å². The Morgan fingerprint density at radius 1 is 1.00 bits per heavy atom. The summed E-state index contributed by atoms with van der Waals surface area (Å²) in [5, 5.41) is 15.1. The fourth-order valence-corrected chi connectivity index (χ4v) is 3.14. The number of amides is 1. The number of nitrogens with zero attached hydrogens (tertiary/aromatic N) is 2. The average molecular weight is 488 g/mol. The second-order valence-corrected chi connectivity index (χ2v) is 7.37. The zero-order valence-electron chi connectivity index (χ0n) is 15.2. The highest BCUT2D eigenvalue weighted by molar-refractivity contribution is 14.1. The molecule has 1 amide bonds. The van der Waals surface area contributed by atoms with Crippen LogP contribution in [0.4, 0.5) is 17.3 Å². The largest absolute Gasteiger partial charge is 0.478 e. The number of nitrogens with one attached hydrogen (secondary N) is 2. The molecule has 0 fully saturated rings. The SMILES string of the molecule is Cc1cc(C)nc(Nc2cccc(C(=O)Nc3ccc(I)cc3C(=O)O)c2)n1. The lowest BCUT2D eigenvalue weighted by atomic mass is 10.1. The number of carboxylic acid groups (broad SMARTS) is 1. The summed E-state index contributed by atoms with van der Waals surface area (Å²) in [5.41, 5.74) is 2.99. The first kappa shape index (κ1) is 19.7. The molecule has 0 atom stereocenters. The molecule has 0 radical (unpaired) electrons. The molecule has 0 spiro atoms. The number of aryl methyl sites for hydroxylation is 2. The topological polar surface area (TPSA) is 104 Å². The van der Waals surface area contributed by atoms with Crippen LogP contribution in [0.5, 0.6) is 0 Å². The van der Waals surface area contributed by atoms with Gasteiger partial charge in [-0.15, -0.1) is 0 Å². The van der Waals surface area contributed by atoms with E-state index in [0.29, 0.717) is 17.2 Å². The van der Waals surface area contributed by atoms with Gasteiger partial charge in [0.25, 0.3) is 5.91 Å². The van der Waals surface area contributed by atoms with Gasteiger partial charge in [0, 0.05) is 26.2 Å². The molecule has 142 valence electrons. The Morgan fingerprint density at radius 3 is 2.39 bits per heavy atom. The highest BCUT2D eigenvalue weighted by atomic mass is 127. The summed E-state index contributed by atoms with van der Waals surface area (Å²) in [6.45, 7) is 3.76. The molecule has 0 bridgehead atoms. The van der Waals surface area contributed by atoms with Crippen molar-refractivity contribution in [1.29, 1.82) is 0 Å². The first-order valence-corrected chi connectivity index (χ1v) is 9.43. The van der Waals surface area contributed by atoms with Gasteiger partial charge in [-0.25, -0.2) is 14.8 Å². The maximum absolute atomic E-state index is 12.6. The van der Waals surface area contributed by atoms with Crippen molar-refractivity contribution in [3.63, 3.8) is 0 Å². The van der Waals surface area contributed by atoms with Gasteiger partial charge in [0.05, 0.1) is 11.3 Å². The van der Waals surface area contributed by atoms with E-state index in [2.05, 4.69) is 20.6 Å². The number of carboxylic acids is 1. The molecule has 0 aliphatic heterocycles. The van der Waals surface area contributed by atoms with Gasteiger partial charge in [-0.1, -0.05) is 6.07 Å². The number of anilines is 3. The lowest BCUT2D eigenvalue weighted by molar-refractivity contribution is 0.0698. The number of carbonyl (C=O) groups is 2. The third-order valence-electron chi connectivity index (χ3n) is 3.82. The number of carbonyl (C=O) groups excluding carboxylic acids is 1. The van der Waals surface area contributed by atoms with Gasteiger partial charge in [0.2, 0.25) is 5.95 Å². The maximum Gasteiger partial charge on any atom is 0.337 e. The van der Waals surface area contributed by atoms with Gasteiger partial charge in [-0.3, -0.25) is 4.79 Å². The van der Waals surface area contributed by atoms with Gasteiger partial charge in [0.1, 0.15) is 0 Å². The normalized spacial score (nSPS) is 10.4. The van der Waals surface area contributed by atoms with Crippen molar-refractivity contribution in [2.24, 2.45) is 0 Å². The molecule has 8 heteroatoms. The number of aromatic carboxylic acids is 1. The number of hydrogen-bond donors (Lipinski definition) is 3. The molecule has 0 aliphatic rings. The smallest absolute Gasteiger partial charge is 0.337 e. The van der Waals surface area contributed by atoms with Crippen LogP contribution in [0.3, 0.4) is 0 Å². The van der Waals surface area contributed by atoms with Crippen LogP contribution in [0.1, 0.15) is 32.1 Å². The predicted octanol–water partition coefficient (Wildman–Crippen LogP) is 4.39. The number of halogens is 1. The molecular weight excluding hydrogens is 471 g/mol. The predicted molar refractivity (Wildman–Crippen MR) is 115 cm³/mol. The van der Waals surface area contributed by atoms with Gasteiger partial charge < -0.3 is 15.7 Å². The second kappa shape index (κ2) is 8.34. The van der Waals surface area contributed by atoms with Gasteiger partial charge in [-0.05, 0) is 78.9 Å². The van der Waals surface area contributed by atoms with Crippen LogP contribution in [0.2, 0.25) is 0 Å². The third-order valence-corrected chi connectivity index (χ3v) is 4.49. The van der Waals surface area contributed by atoms with Crippen molar-refractivity contribution in [2.45, 2.75) is 13.8 Å². The minimum Gasteiger partial charge on any atom is -0.478 e. The van der Waals surface area contributed by atoms with E-state index in [1.54, 1.807) is 36.4 Å². The molecule has 0 aliphatic carbocycles. The van der Waals surface area contributed by atoms with Crippen LogP contribution in [0.25, 0.3) is 0 Å². The van der Waals surface area contributed by atoms with E-state index in [9.17, 15) is 14.7 Å². The van der Waals surface area contributed by atoms with E-state index in [1.165, 1.54) is 6.07 Å². The van der Waals surface area contributed by atoms with Crippen LogP contribution in [-0.2, 0) is 0 Å². The van der Waals surface area contributed by atoms with Crippen molar-refractivity contribution in [3.8, 4) is 0 Å². The van der Waals surface area contributed by atoms with Crippen molar-refractivity contribution in [3.05, 3.63) is 74.6 Å². The Morgan fingerprint density at radius 2 is 1.71 bits per heavy atom. The Hall–Kier alpha value is -3.01. The van der Waals surface area contributed by atoms with Crippen LogP contribution in [0.15, 0.2) is 48.5 Å². The minimum atomic E-state index is -1.10. The zero-order chi connectivity index (χ0) is 20.3. The molecule has 0 saturated heterocycles. The van der Waals surface area contributed by atoms with E-state index in [0.717, 1.165) is 15.0 Å². The maximum atomic E-state index is 12.6. The van der Waals surface area contributed by atoms with Crippen LogP contribution >= 0.6 is 22.6 Å². The molecule has 28 heavy (non-hydrogen) atoms. The monoisotopic (exact) mass is 488 g/mol. The lowest BCUT2D eigenvalue weighted by Crippen LogP contribution is -2.15. The van der Waals surface area contributed by atoms with E-state index in [-0.39, 0.29) is 11.3 Å². The van der Waals surface area contributed by atoms with E-state index >= 15 is 0 Å². The van der Waals surface area contributed by atoms with E-state index in [1.807, 2.05) is 42.5 Å². The standard InChI is InChI=1S/C20H17IN4O3/c1-11-8-12(2)23-20(22-11)24-15-5-3-4-13(9-15)18(26)25-17-7-6-14(21)10-16(17)19(27)28/h3-10H,1-2H3,(H,25,26)(H,27,28)(H,22,23,24). The average Bonchev–Trinajstić information content (AvgIpc) is 2.62. The molecule has 0 unspecified atom stereocenters. The van der Waals surface area contributed by atoms with Crippen molar-refractivity contribution < 1.29 is 14.7 Å². The summed E-state index contributed by atoms with van der Waals surface area (Å²) < 4.78 is 0.771. The molecular formula is C20H17IN4O3. The van der Waals surface area contributed by atoms with Crippen LogP contribution in [-0.4, -0.2) is 27.0 Å². The second-order valence-electron chi connectivity index (χ2n) is 6.13. The van der Waals surface area contributed by atoms with Gasteiger partial charge in [-0.2, -0.15) is 0 Å². The van der Waals surface area contributed by atoms with Crippen molar-refractivity contribution in [2.75, 3.05) is 10.6 Å². The number of rotatable bonds is 5. The lowest BCUT2D eigenvalue weighted by Gasteiger charge is -2.11. The summed E-state index contributed by atoms with van der Waals surface area (Å²) in [7, 11) is 0. The van der Waals surface area contributed by atoms with Gasteiger partial charge in [0.15, 0.2) is 0 Å². The van der Waals surface area contributed by atoms with Gasteiger partial charge >= 0.3 is 5.97 Å². The molecule has 3 N–H and O–H groups in total. The minimum absolute atomic E-state index is 0.0400. The fourth-order valence-electron chi connectivity index (χ4n) is 2.65.